The van der Waals surface area contributed by atoms with Crippen LogP contribution < -0.4 is 5.32 Å². The third-order valence-corrected chi connectivity index (χ3v) is 2.08. The number of hydrogen-bond acceptors (Lipinski definition) is 4. The summed E-state index contributed by atoms with van der Waals surface area (Å²) in [6.07, 6.45) is -0.520. The lowest BCUT2D eigenvalue weighted by molar-refractivity contribution is -0.138. The molecular formula is C11H11NO6. The van der Waals surface area contributed by atoms with Crippen molar-refractivity contribution in [1.82, 2.24) is 0 Å². The van der Waals surface area contributed by atoms with Crippen LogP contribution >= 0.6 is 0 Å². The number of carbonyl (C=O) groups is 3. The highest BCUT2D eigenvalue weighted by Crippen LogP contribution is 2.21. The molecule has 0 spiro atoms. The molecule has 0 aliphatic rings. The van der Waals surface area contributed by atoms with E-state index in [0.29, 0.717) is 0 Å². The van der Waals surface area contributed by atoms with Crippen molar-refractivity contribution in [2.75, 3.05) is 5.32 Å². The van der Waals surface area contributed by atoms with E-state index in [1.165, 1.54) is 6.07 Å². The molecule has 7 heteroatoms. The first-order valence-electron chi connectivity index (χ1n) is 4.98. The first-order chi connectivity index (χ1) is 8.40. The van der Waals surface area contributed by atoms with Crippen molar-refractivity contribution in [2.24, 2.45) is 0 Å². The third-order valence-electron chi connectivity index (χ3n) is 2.08. The molecule has 96 valence electrons. The lowest BCUT2D eigenvalue weighted by Gasteiger charge is -2.06. The Hall–Kier alpha value is -2.57. The van der Waals surface area contributed by atoms with Gasteiger partial charge in [0.2, 0.25) is 5.91 Å². The van der Waals surface area contributed by atoms with Crippen LogP contribution in [0.2, 0.25) is 0 Å². The molecule has 0 aliphatic heterocycles. The SMILES string of the molecule is O=C(O)CCC(=O)Nc1ccc(O)c(C(=O)O)c1. The van der Waals surface area contributed by atoms with Gasteiger partial charge in [-0.1, -0.05) is 0 Å². The maximum atomic E-state index is 11.3. The summed E-state index contributed by atoms with van der Waals surface area (Å²) in [6.45, 7) is 0. The van der Waals surface area contributed by atoms with Crippen LogP contribution in [-0.4, -0.2) is 33.2 Å². The van der Waals surface area contributed by atoms with Crippen molar-refractivity contribution in [3.8, 4) is 5.75 Å². The van der Waals surface area contributed by atoms with Crippen LogP contribution in [0.15, 0.2) is 18.2 Å². The van der Waals surface area contributed by atoms with Crippen LogP contribution in [0, 0.1) is 0 Å². The van der Waals surface area contributed by atoms with Crippen LogP contribution in [0.25, 0.3) is 0 Å². The van der Waals surface area contributed by atoms with Crippen molar-refractivity contribution in [3.05, 3.63) is 23.8 Å². The lowest BCUT2D eigenvalue weighted by atomic mass is 10.1. The van der Waals surface area contributed by atoms with E-state index in [1.54, 1.807) is 0 Å². The average Bonchev–Trinajstić information content (AvgIpc) is 2.28. The Morgan fingerprint density at radius 1 is 1.11 bits per heavy atom. The maximum absolute atomic E-state index is 11.3. The van der Waals surface area contributed by atoms with Gasteiger partial charge in [0, 0.05) is 12.1 Å². The van der Waals surface area contributed by atoms with Gasteiger partial charge in [0.1, 0.15) is 11.3 Å². The van der Waals surface area contributed by atoms with Gasteiger partial charge in [0.25, 0.3) is 0 Å². The van der Waals surface area contributed by atoms with E-state index >= 15 is 0 Å². The van der Waals surface area contributed by atoms with Crippen LogP contribution in [-0.2, 0) is 9.59 Å². The Morgan fingerprint density at radius 3 is 2.33 bits per heavy atom. The topological polar surface area (TPSA) is 124 Å². The quantitative estimate of drug-likeness (QED) is 0.578. The number of carbonyl (C=O) groups excluding carboxylic acids is 1. The van der Waals surface area contributed by atoms with E-state index < -0.39 is 23.6 Å². The normalized spacial score (nSPS) is 9.78. The molecule has 0 aromatic heterocycles. The second-order valence-corrected chi connectivity index (χ2v) is 3.48. The molecule has 1 aromatic carbocycles. The number of aromatic carboxylic acids is 1. The number of amides is 1. The highest BCUT2D eigenvalue weighted by Gasteiger charge is 2.12. The molecule has 0 aliphatic carbocycles. The molecular weight excluding hydrogens is 242 g/mol. The van der Waals surface area contributed by atoms with Gasteiger partial charge in [0.15, 0.2) is 0 Å². The smallest absolute Gasteiger partial charge is 0.339 e. The molecule has 4 N–H and O–H groups in total. The van der Waals surface area contributed by atoms with Crippen molar-refractivity contribution in [2.45, 2.75) is 12.8 Å². The predicted molar refractivity (Wildman–Crippen MR) is 60.6 cm³/mol. The standard InChI is InChI=1S/C11H11NO6/c13-8-2-1-6(5-7(8)11(17)18)12-9(14)3-4-10(15)16/h1-2,5,13H,3-4H2,(H,12,14)(H,15,16)(H,17,18). The van der Waals surface area contributed by atoms with Crippen molar-refractivity contribution >= 4 is 23.5 Å². The molecule has 0 bridgehead atoms. The van der Waals surface area contributed by atoms with E-state index in [4.69, 9.17) is 10.2 Å². The van der Waals surface area contributed by atoms with Gasteiger partial charge in [-0.15, -0.1) is 0 Å². The molecule has 1 rings (SSSR count). The summed E-state index contributed by atoms with van der Waals surface area (Å²) in [6, 6.07) is 3.55. The number of aliphatic carboxylic acids is 1. The summed E-state index contributed by atoms with van der Waals surface area (Å²) < 4.78 is 0. The fraction of sp³-hybridized carbons (Fsp3) is 0.182. The summed E-state index contributed by atoms with van der Waals surface area (Å²) in [4.78, 5) is 32.3. The third kappa shape index (κ3) is 3.78. The number of phenols is 1. The Kier molecular flexibility index (Phi) is 4.25. The zero-order valence-corrected chi connectivity index (χ0v) is 9.21. The van der Waals surface area contributed by atoms with Crippen molar-refractivity contribution < 1.29 is 29.7 Å². The van der Waals surface area contributed by atoms with Crippen LogP contribution in [0.1, 0.15) is 23.2 Å². The summed E-state index contributed by atoms with van der Waals surface area (Å²) in [7, 11) is 0. The van der Waals surface area contributed by atoms with E-state index in [1.807, 2.05) is 0 Å². The molecule has 0 radical (unpaired) electrons. The van der Waals surface area contributed by atoms with Gasteiger partial charge in [-0.2, -0.15) is 0 Å². The van der Waals surface area contributed by atoms with Crippen LogP contribution in [0.5, 0.6) is 5.75 Å². The zero-order chi connectivity index (χ0) is 13.7. The highest BCUT2D eigenvalue weighted by molar-refractivity contribution is 5.96. The number of nitrogens with one attached hydrogen (secondary N) is 1. The summed E-state index contributed by atoms with van der Waals surface area (Å²) >= 11 is 0. The van der Waals surface area contributed by atoms with E-state index in [9.17, 15) is 19.5 Å². The largest absolute Gasteiger partial charge is 0.507 e. The minimum Gasteiger partial charge on any atom is -0.507 e. The molecule has 18 heavy (non-hydrogen) atoms. The van der Waals surface area contributed by atoms with Crippen LogP contribution in [0.4, 0.5) is 5.69 Å². The minimum atomic E-state index is -1.32. The molecule has 7 nitrogen and oxygen atoms in total. The van der Waals surface area contributed by atoms with E-state index in [-0.39, 0.29) is 24.1 Å². The minimum absolute atomic E-state index is 0.181. The number of carboxylic acids is 2. The monoisotopic (exact) mass is 253 g/mol. The first-order valence-corrected chi connectivity index (χ1v) is 4.98. The molecule has 1 amide bonds. The van der Waals surface area contributed by atoms with Gasteiger partial charge in [-0.25, -0.2) is 4.79 Å². The van der Waals surface area contributed by atoms with Crippen molar-refractivity contribution in [1.29, 1.82) is 0 Å². The fourth-order valence-electron chi connectivity index (χ4n) is 1.23. The zero-order valence-electron chi connectivity index (χ0n) is 9.21. The van der Waals surface area contributed by atoms with Crippen molar-refractivity contribution in [3.63, 3.8) is 0 Å². The van der Waals surface area contributed by atoms with Gasteiger partial charge in [-0.3, -0.25) is 9.59 Å². The Morgan fingerprint density at radius 2 is 1.78 bits per heavy atom. The Labute approximate surface area is 102 Å². The Balaban J connectivity index is 2.73. The number of benzene rings is 1. The highest BCUT2D eigenvalue weighted by atomic mass is 16.4. The van der Waals surface area contributed by atoms with Gasteiger partial charge in [0.05, 0.1) is 6.42 Å². The molecule has 0 saturated carbocycles. The number of aromatic hydroxyl groups is 1. The predicted octanol–water partition coefficient (Wildman–Crippen LogP) is 0.894. The van der Waals surface area contributed by atoms with E-state index in [2.05, 4.69) is 5.32 Å². The average molecular weight is 253 g/mol. The number of hydrogen-bond donors (Lipinski definition) is 4. The molecule has 0 atom stereocenters. The van der Waals surface area contributed by atoms with Gasteiger partial charge < -0.3 is 20.6 Å². The van der Waals surface area contributed by atoms with Gasteiger partial charge in [-0.05, 0) is 18.2 Å². The summed E-state index contributed by atoms with van der Waals surface area (Å²) in [5, 5.41) is 28.7. The number of rotatable bonds is 5. The maximum Gasteiger partial charge on any atom is 0.339 e. The summed E-state index contributed by atoms with van der Waals surface area (Å²) in [5.74, 6) is -3.37. The summed E-state index contributed by atoms with van der Waals surface area (Å²) in [5.41, 5.74) is -0.161. The number of carboxylic acid groups (broad SMARTS) is 2. The molecule has 0 saturated heterocycles. The van der Waals surface area contributed by atoms with Crippen LogP contribution in [0.3, 0.4) is 0 Å². The molecule has 0 heterocycles. The lowest BCUT2D eigenvalue weighted by Crippen LogP contribution is -2.13. The first kappa shape index (κ1) is 13.5. The second kappa shape index (κ2) is 5.67. The Bertz CT molecular complexity index is 496. The van der Waals surface area contributed by atoms with E-state index in [0.717, 1.165) is 12.1 Å². The molecule has 1 aromatic rings. The number of anilines is 1. The van der Waals surface area contributed by atoms with Gasteiger partial charge >= 0.3 is 11.9 Å². The molecule has 0 fully saturated rings. The fourth-order valence-corrected chi connectivity index (χ4v) is 1.23. The second-order valence-electron chi connectivity index (χ2n) is 3.48. The molecule has 0 unspecified atom stereocenters.